The quantitative estimate of drug-likeness (QED) is 0.631. The Hall–Kier alpha value is -1.90. The van der Waals surface area contributed by atoms with E-state index in [0.29, 0.717) is 16.6 Å². The van der Waals surface area contributed by atoms with Crippen LogP contribution >= 0.6 is 39.1 Å². The molecule has 7 nitrogen and oxygen atoms in total. The molecule has 0 unspecified atom stereocenters. The van der Waals surface area contributed by atoms with Gasteiger partial charge in [0.2, 0.25) is 11.9 Å². The Bertz CT molecular complexity index is 948. The molecule has 0 aliphatic carbocycles. The van der Waals surface area contributed by atoms with Gasteiger partial charge in [0, 0.05) is 15.6 Å². The summed E-state index contributed by atoms with van der Waals surface area (Å²) in [6.45, 7) is 4.18. The zero-order chi connectivity index (χ0) is 18.8. The molecular weight excluding hydrogens is 443 g/mol. The number of hydrogen-bond acceptors (Lipinski definition) is 4. The van der Waals surface area contributed by atoms with Crippen LogP contribution in [0.4, 0.5) is 5.95 Å². The summed E-state index contributed by atoms with van der Waals surface area (Å²) in [4.78, 5) is 16.3. The van der Waals surface area contributed by atoms with E-state index in [-0.39, 0.29) is 18.4 Å². The Balaban J connectivity index is 1.66. The van der Waals surface area contributed by atoms with Crippen LogP contribution in [0.25, 0.3) is 0 Å². The lowest BCUT2D eigenvalue weighted by molar-refractivity contribution is -0.117. The highest BCUT2D eigenvalue weighted by Gasteiger charge is 2.14. The van der Waals surface area contributed by atoms with Crippen molar-refractivity contribution in [2.45, 2.75) is 26.9 Å². The van der Waals surface area contributed by atoms with Crippen molar-refractivity contribution in [1.82, 2.24) is 24.5 Å². The average Bonchev–Trinajstić information content (AvgIpc) is 3.11. The molecule has 0 spiro atoms. The van der Waals surface area contributed by atoms with E-state index in [4.69, 9.17) is 23.2 Å². The summed E-state index contributed by atoms with van der Waals surface area (Å²) >= 11 is 15.8. The Morgan fingerprint density at radius 3 is 2.54 bits per heavy atom. The van der Waals surface area contributed by atoms with Gasteiger partial charge in [-0.3, -0.25) is 14.8 Å². The van der Waals surface area contributed by atoms with Crippen molar-refractivity contribution in [3.63, 3.8) is 0 Å². The summed E-state index contributed by atoms with van der Waals surface area (Å²) < 4.78 is 4.07. The molecule has 1 amide bonds. The fourth-order valence-electron chi connectivity index (χ4n) is 2.40. The van der Waals surface area contributed by atoms with Gasteiger partial charge < -0.3 is 0 Å². The second-order valence-electron chi connectivity index (χ2n) is 5.66. The number of halogens is 3. The molecule has 0 saturated heterocycles. The van der Waals surface area contributed by atoms with Crippen LogP contribution in [0.15, 0.2) is 29.0 Å². The molecule has 1 N–H and O–H groups in total. The predicted molar refractivity (Wildman–Crippen MR) is 104 cm³/mol. The zero-order valence-corrected chi connectivity index (χ0v) is 17.1. The van der Waals surface area contributed by atoms with Gasteiger partial charge in [-0.1, -0.05) is 29.3 Å². The fourth-order valence-corrected chi connectivity index (χ4v) is 3.20. The number of aryl methyl sites for hydroxylation is 1. The minimum absolute atomic E-state index is 0.0726. The van der Waals surface area contributed by atoms with E-state index in [1.807, 2.05) is 13.8 Å². The van der Waals surface area contributed by atoms with Crippen molar-refractivity contribution in [2.24, 2.45) is 0 Å². The first-order valence-electron chi connectivity index (χ1n) is 7.67. The number of amides is 1. The smallest absolute Gasteiger partial charge is 0.248 e. The molecule has 1 aromatic carbocycles. The Morgan fingerprint density at radius 1 is 1.23 bits per heavy atom. The first-order valence-corrected chi connectivity index (χ1v) is 9.21. The summed E-state index contributed by atoms with van der Waals surface area (Å²) in [6.07, 6.45) is 1.51. The molecule has 0 fully saturated rings. The number of benzene rings is 1. The van der Waals surface area contributed by atoms with E-state index in [1.165, 1.54) is 6.33 Å². The number of nitrogens with one attached hydrogen (secondary N) is 1. The normalized spacial score (nSPS) is 11.0. The van der Waals surface area contributed by atoms with E-state index in [0.717, 1.165) is 21.4 Å². The lowest BCUT2D eigenvalue weighted by Crippen LogP contribution is -2.21. The van der Waals surface area contributed by atoms with Gasteiger partial charge >= 0.3 is 0 Å². The lowest BCUT2D eigenvalue weighted by atomic mass is 10.2. The van der Waals surface area contributed by atoms with Crippen LogP contribution in [0, 0.1) is 13.8 Å². The molecular formula is C16H15BrCl2N6O. The number of anilines is 1. The lowest BCUT2D eigenvalue weighted by Gasteiger charge is -2.06. The van der Waals surface area contributed by atoms with E-state index >= 15 is 0 Å². The van der Waals surface area contributed by atoms with Crippen molar-refractivity contribution < 1.29 is 4.79 Å². The first kappa shape index (κ1) is 18.9. The van der Waals surface area contributed by atoms with Gasteiger partial charge in [-0.25, -0.2) is 9.67 Å². The molecule has 0 bridgehead atoms. The van der Waals surface area contributed by atoms with Crippen LogP contribution in [-0.2, 0) is 17.9 Å². The molecule has 0 atom stereocenters. The summed E-state index contributed by atoms with van der Waals surface area (Å²) in [5, 5.41) is 12.3. The van der Waals surface area contributed by atoms with Gasteiger partial charge in [0.1, 0.15) is 12.9 Å². The van der Waals surface area contributed by atoms with E-state index < -0.39 is 0 Å². The number of aromatic nitrogens is 5. The van der Waals surface area contributed by atoms with Gasteiger partial charge in [0.05, 0.1) is 22.4 Å². The van der Waals surface area contributed by atoms with Crippen LogP contribution in [0.3, 0.4) is 0 Å². The number of hydrogen-bond donors (Lipinski definition) is 1. The van der Waals surface area contributed by atoms with Crippen LogP contribution in [0.1, 0.15) is 17.0 Å². The first-order chi connectivity index (χ1) is 12.3. The van der Waals surface area contributed by atoms with Gasteiger partial charge in [-0.05, 0) is 41.9 Å². The van der Waals surface area contributed by atoms with Gasteiger partial charge in [0.25, 0.3) is 0 Å². The zero-order valence-electron chi connectivity index (χ0n) is 14.0. The van der Waals surface area contributed by atoms with Crippen molar-refractivity contribution in [3.8, 4) is 0 Å². The highest BCUT2D eigenvalue weighted by atomic mass is 79.9. The largest absolute Gasteiger partial charge is 0.292 e. The highest BCUT2D eigenvalue weighted by molar-refractivity contribution is 9.10. The third-order valence-corrected chi connectivity index (χ3v) is 5.61. The second kappa shape index (κ2) is 7.77. The molecule has 3 aromatic rings. The summed E-state index contributed by atoms with van der Waals surface area (Å²) in [5.74, 6) is -0.0598. The minimum atomic E-state index is -0.267. The summed E-state index contributed by atoms with van der Waals surface area (Å²) in [5.41, 5.74) is 2.45. The maximum Gasteiger partial charge on any atom is 0.248 e. The summed E-state index contributed by atoms with van der Waals surface area (Å²) in [7, 11) is 0. The molecule has 0 radical (unpaired) electrons. The minimum Gasteiger partial charge on any atom is -0.292 e. The maximum atomic E-state index is 12.2. The average molecular weight is 458 g/mol. The van der Waals surface area contributed by atoms with Crippen LogP contribution in [0.5, 0.6) is 0 Å². The molecule has 0 aliphatic heterocycles. The maximum absolute atomic E-state index is 12.2. The van der Waals surface area contributed by atoms with E-state index in [2.05, 4.69) is 36.4 Å². The number of carbonyl (C=O) groups is 1. The van der Waals surface area contributed by atoms with Gasteiger partial charge in [-0.2, -0.15) is 5.10 Å². The van der Waals surface area contributed by atoms with Crippen molar-refractivity contribution in [3.05, 3.63) is 56.0 Å². The molecule has 2 heterocycles. The predicted octanol–water partition coefficient (Wildman–Crippen LogP) is 3.85. The molecule has 2 aromatic heterocycles. The number of rotatable bonds is 5. The van der Waals surface area contributed by atoms with E-state index in [1.54, 1.807) is 27.6 Å². The van der Waals surface area contributed by atoms with Crippen LogP contribution < -0.4 is 5.32 Å². The molecule has 136 valence electrons. The van der Waals surface area contributed by atoms with Crippen molar-refractivity contribution >= 4 is 51.0 Å². The SMILES string of the molecule is Cc1nn(CC(=O)Nc2ncn(Cc3c(Cl)cccc3Cl)n2)c(C)c1Br. The molecule has 3 rings (SSSR count). The van der Waals surface area contributed by atoms with Crippen molar-refractivity contribution in [2.75, 3.05) is 5.32 Å². The molecule has 0 saturated carbocycles. The third kappa shape index (κ3) is 4.08. The molecule has 26 heavy (non-hydrogen) atoms. The fraction of sp³-hybridized carbons (Fsp3) is 0.250. The molecule has 0 aliphatic rings. The van der Waals surface area contributed by atoms with Crippen LogP contribution in [-0.4, -0.2) is 30.5 Å². The van der Waals surface area contributed by atoms with E-state index in [9.17, 15) is 4.79 Å². The number of carbonyl (C=O) groups excluding carboxylic acids is 1. The van der Waals surface area contributed by atoms with Gasteiger partial charge in [-0.15, -0.1) is 5.10 Å². The van der Waals surface area contributed by atoms with Crippen LogP contribution in [0.2, 0.25) is 10.0 Å². The Labute approximate surface area is 168 Å². The standard InChI is InChI=1S/C16H15BrCl2N6O/c1-9-15(17)10(2)25(22-9)7-14(26)21-16-20-8-24(23-16)6-11-12(18)4-3-5-13(11)19/h3-5,8H,6-7H2,1-2H3,(H,21,23,26). The van der Waals surface area contributed by atoms with Crippen molar-refractivity contribution in [1.29, 1.82) is 0 Å². The van der Waals surface area contributed by atoms with Gasteiger partial charge in [0.15, 0.2) is 0 Å². The second-order valence-corrected chi connectivity index (χ2v) is 7.26. The summed E-state index contributed by atoms with van der Waals surface area (Å²) in [6, 6.07) is 5.29. The topological polar surface area (TPSA) is 77.6 Å². The Morgan fingerprint density at radius 2 is 1.92 bits per heavy atom. The monoisotopic (exact) mass is 456 g/mol. The Kier molecular flexibility index (Phi) is 5.64. The third-order valence-electron chi connectivity index (χ3n) is 3.76. The molecule has 10 heteroatoms. The number of nitrogens with zero attached hydrogens (tertiary/aromatic N) is 5. The highest BCUT2D eigenvalue weighted by Crippen LogP contribution is 2.25.